The standard InChI is InChI=1S/C22H30N6S/c1-4-20-15-26-21(29-20)9-10-25-22(23-5-2)27-14-18-7-6-8-19(13-18)16-28-12-11-24-17(28)3/h6-8,11-13,15H,4-5,9-10,14,16H2,1-3H3,(H2,23,25,27). The van der Waals surface area contributed by atoms with E-state index in [1.165, 1.54) is 21.0 Å². The van der Waals surface area contributed by atoms with Crippen LogP contribution in [0.2, 0.25) is 0 Å². The molecule has 0 saturated heterocycles. The number of imidazole rings is 1. The first kappa shape index (κ1) is 21.0. The summed E-state index contributed by atoms with van der Waals surface area (Å²) in [6, 6.07) is 8.59. The van der Waals surface area contributed by atoms with Crippen molar-refractivity contribution < 1.29 is 0 Å². The molecule has 6 nitrogen and oxygen atoms in total. The van der Waals surface area contributed by atoms with Crippen LogP contribution in [0.3, 0.4) is 0 Å². The first-order valence-electron chi connectivity index (χ1n) is 10.2. The molecule has 3 aromatic rings. The highest BCUT2D eigenvalue weighted by molar-refractivity contribution is 7.11. The Kier molecular flexibility index (Phi) is 7.81. The highest BCUT2D eigenvalue weighted by Crippen LogP contribution is 2.13. The summed E-state index contributed by atoms with van der Waals surface area (Å²) in [4.78, 5) is 14.9. The molecule has 0 radical (unpaired) electrons. The van der Waals surface area contributed by atoms with Crippen molar-refractivity contribution in [2.45, 2.75) is 46.7 Å². The molecule has 0 aliphatic heterocycles. The Bertz CT molecular complexity index is 927. The van der Waals surface area contributed by atoms with Gasteiger partial charge >= 0.3 is 0 Å². The maximum atomic E-state index is 4.75. The molecule has 2 heterocycles. The minimum Gasteiger partial charge on any atom is -0.357 e. The van der Waals surface area contributed by atoms with Crippen molar-refractivity contribution in [3.05, 3.63) is 69.7 Å². The third kappa shape index (κ3) is 6.42. The van der Waals surface area contributed by atoms with Gasteiger partial charge in [-0.1, -0.05) is 31.2 Å². The molecule has 0 unspecified atom stereocenters. The molecule has 3 rings (SSSR count). The van der Waals surface area contributed by atoms with Crippen molar-refractivity contribution in [1.29, 1.82) is 0 Å². The molecule has 7 heteroatoms. The Morgan fingerprint density at radius 2 is 2.03 bits per heavy atom. The summed E-state index contributed by atoms with van der Waals surface area (Å²) in [6.07, 6.45) is 7.80. The van der Waals surface area contributed by atoms with Crippen LogP contribution in [0, 0.1) is 6.92 Å². The third-order valence-electron chi connectivity index (χ3n) is 4.61. The Balaban J connectivity index is 1.56. The Morgan fingerprint density at radius 3 is 2.76 bits per heavy atom. The van der Waals surface area contributed by atoms with Crippen LogP contribution in [0.4, 0.5) is 0 Å². The lowest BCUT2D eigenvalue weighted by Crippen LogP contribution is -2.38. The number of guanidine groups is 1. The lowest BCUT2D eigenvalue weighted by molar-refractivity contribution is 0.760. The summed E-state index contributed by atoms with van der Waals surface area (Å²) in [5, 5.41) is 7.92. The van der Waals surface area contributed by atoms with Crippen LogP contribution in [-0.2, 0) is 25.9 Å². The molecule has 1 aromatic carbocycles. The summed E-state index contributed by atoms with van der Waals surface area (Å²) in [5.41, 5.74) is 2.46. The molecule has 0 spiro atoms. The van der Waals surface area contributed by atoms with E-state index in [1.54, 1.807) is 11.3 Å². The van der Waals surface area contributed by atoms with Gasteiger partial charge in [-0.2, -0.15) is 0 Å². The van der Waals surface area contributed by atoms with Gasteiger partial charge in [-0.05, 0) is 31.4 Å². The quantitative estimate of drug-likeness (QED) is 0.418. The van der Waals surface area contributed by atoms with Crippen molar-refractivity contribution in [1.82, 2.24) is 25.2 Å². The van der Waals surface area contributed by atoms with Gasteiger partial charge in [0.1, 0.15) is 5.82 Å². The number of thiazole rings is 1. The van der Waals surface area contributed by atoms with E-state index in [0.717, 1.165) is 44.3 Å². The van der Waals surface area contributed by atoms with Crippen LogP contribution in [0.15, 0.2) is 47.8 Å². The van der Waals surface area contributed by atoms with E-state index in [2.05, 4.69) is 63.3 Å². The van der Waals surface area contributed by atoms with E-state index >= 15 is 0 Å². The lowest BCUT2D eigenvalue weighted by Gasteiger charge is -2.11. The molecule has 0 atom stereocenters. The Labute approximate surface area is 177 Å². The normalized spacial score (nSPS) is 11.6. The van der Waals surface area contributed by atoms with E-state index in [1.807, 2.05) is 25.5 Å². The summed E-state index contributed by atoms with van der Waals surface area (Å²) in [6.45, 7) is 9.40. The topological polar surface area (TPSA) is 67.1 Å². The molecule has 2 N–H and O–H groups in total. The zero-order valence-electron chi connectivity index (χ0n) is 17.5. The van der Waals surface area contributed by atoms with E-state index in [4.69, 9.17) is 4.99 Å². The van der Waals surface area contributed by atoms with E-state index in [9.17, 15) is 0 Å². The van der Waals surface area contributed by atoms with Gasteiger partial charge in [-0.25, -0.2) is 15.0 Å². The van der Waals surface area contributed by atoms with Crippen LogP contribution in [-0.4, -0.2) is 33.6 Å². The zero-order valence-corrected chi connectivity index (χ0v) is 18.3. The van der Waals surface area contributed by atoms with Crippen molar-refractivity contribution in [3.8, 4) is 0 Å². The minimum absolute atomic E-state index is 0.642. The van der Waals surface area contributed by atoms with Gasteiger partial charge in [-0.15, -0.1) is 11.3 Å². The number of benzene rings is 1. The molecule has 29 heavy (non-hydrogen) atoms. The number of rotatable bonds is 9. The van der Waals surface area contributed by atoms with Crippen molar-refractivity contribution in [2.24, 2.45) is 4.99 Å². The van der Waals surface area contributed by atoms with Gasteiger partial charge in [0.15, 0.2) is 5.96 Å². The molecular formula is C22H30N6S. The summed E-state index contributed by atoms with van der Waals surface area (Å²) in [7, 11) is 0. The van der Waals surface area contributed by atoms with E-state index in [0.29, 0.717) is 6.54 Å². The minimum atomic E-state index is 0.642. The van der Waals surface area contributed by atoms with Gasteiger partial charge in [0.2, 0.25) is 0 Å². The number of hydrogen-bond donors (Lipinski definition) is 2. The molecule has 0 fully saturated rings. The van der Waals surface area contributed by atoms with Crippen molar-refractivity contribution in [3.63, 3.8) is 0 Å². The molecule has 0 bridgehead atoms. The number of aliphatic imine (C=N–C) groups is 1. The second-order valence-electron chi connectivity index (χ2n) is 6.87. The van der Waals surface area contributed by atoms with Crippen LogP contribution in [0.1, 0.15) is 40.7 Å². The average molecular weight is 411 g/mol. The molecule has 0 amide bonds. The maximum Gasteiger partial charge on any atom is 0.191 e. The highest BCUT2D eigenvalue weighted by atomic mass is 32.1. The van der Waals surface area contributed by atoms with E-state index < -0.39 is 0 Å². The number of nitrogens with zero attached hydrogens (tertiary/aromatic N) is 4. The number of hydrogen-bond acceptors (Lipinski definition) is 4. The monoisotopic (exact) mass is 410 g/mol. The maximum absolute atomic E-state index is 4.75. The van der Waals surface area contributed by atoms with Gasteiger partial charge < -0.3 is 15.2 Å². The molecule has 0 aliphatic carbocycles. The average Bonchev–Trinajstić information content (AvgIpc) is 3.35. The predicted molar refractivity (Wildman–Crippen MR) is 121 cm³/mol. The van der Waals surface area contributed by atoms with Crippen LogP contribution in [0.25, 0.3) is 0 Å². The lowest BCUT2D eigenvalue weighted by atomic mass is 10.1. The number of aryl methyl sites for hydroxylation is 2. The second-order valence-corrected chi connectivity index (χ2v) is 8.07. The van der Waals surface area contributed by atoms with Crippen LogP contribution < -0.4 is 10.6 Å². The number of nitrogens with one attached hydrogen (secondary N) is 2. The van der Waals surface area contributed by atoms with Gasteiger partial charge in [0, 0.05) is 49.5 Å². The molecule has 154 valence electrons. The van der Waals surface area contributed by atoms with Crippen molar-refractivity contribution >= 4 is 17.3 Å². The Hall–Kier alpha value is -2.67. The first-order valence-corrected chi connectivity index (χ1v) is 11.0. The van der Waals surface area contributed by atoms with E-state index in [-0.39, 0.29) is 0 Å². The summed E-state index contributed by atoms with van der Waals surface area (Å²) < 4.78 is 2.15. The fourth-order valence-corrected chi connectivity index (χ4v) is 3.88. The van der Waals surface area contributed by atoms with Crippen LogP contribution in [0.5, 0.6) is 0 Å². The summed E-state index contributed by atoms with van der Waals surface area (Å²) in [5.74, 6) is 1.87. The first-order chi connectivity index (χ1) is 14.2. The largest absolute Gasteiger partial charge is 0.357 e. The fourth-order valence-electron chi connectivity index (χ4n) is 3.02. The zero-order chi connectivity index (χ0) is 20.5. The molecule has 0 aliphatic rings. The molecule has 0 saturated carbocycles. The molecular weight excluding hydrogens is 380 g/mol. The smallest absolute Gasteiger partial charge is 0.191 e. The summed E-state index contributed by atoms with van der Waals surface area (Å²) >= 11 is 1.79. The Morgan fingerprint density at radius 1 is 1.17 bits per heavy atom. The van der Waals surface area contributed by atoms with Gasteiger partial charge in [0.25, 0.3) is 0 Å². The van der Waals surface area contributed by atoms with Crippen LogP contribution >= 0.6 is 11.3 Å². The number of aromatic nitrogens is 3. The highest BCUT2D eigenvalue weighted by Gasteiger charge is 2.03. The SMILES string of the molecule is CCNC(=NCc1cccc(Cn2ccnc2C)c1)NCCc1ncc(CC)s1. The van der Waals surface area contributed by atoms with Gasteiger partial charge in [0.05, 0.1) is 11.6 Å². The van der Waals surface area contributed by atoms with Gasteiger partial charge in [-0.3, -0.25) is 0 Å². The second kappa shape index (κ2) is 10.8. The third-order valence-corrected chi connectivity index (χ3v) is 5.81. The molecule has 2 aromatic heterocycles. The van der Waals surface area contributed by atoms with Crippen molar-refractivity contribution in [2.75, 3.05) is 13.1 Å². The fraction of sp³-hybridized carbons (Fsp3) is 0.409. The predicted octanol–water partition coefficient (Wildman–Crippen LogP) is 3.56.